The minimum Gasteiger partial charge on any atom is -0.321 e. The van der Waals surface area contributed by atoms with Crippen molar-refractivity contribution < 1.29 is 9.18 Å². The average molecular weight is 281 g/mol. The number of rotatable bonds is 2. The molecule has 0 radical (unpaired) electrons. The van der Waals surface area contributed by atoms with Gasteiger partial charge in [0.15, 0.2) is 0 Å². The first kappa shape index (κ1) is 13.3. The third kappa shape index (κ3) is 3.00. The van der Waals surface area contributed by atoms with Crippen LogP contribution in [0.4, 0.5) is 10.1 Å². The van der Waals surface area contributed by atoms with Crippen LogP contribution >= 0.6 is 11.6 Å². The summed E-state index contributed by atoms with van der Waals surface area (Å²) in [5.74, 6) is -0.908. The van der Waals surface area contributed by atoms with E-state index in [2.05, 4.69) is 5.32 Å². The highest BCUT2D eigenvalue weighted by Crippen LogP contribution is 2.22. The average Bonchev–Trinajstić information content (AvgIpc) is 2.36. The van der Waals surface area contributed by atoms with Crippen molar-refractivity contribution in [1.82, 2.24) is 4.57 Å². The number of pyridine rings is 1. The maximum Gasteiger partial charge on any atom is 0.257 e. The molecule has 6 heteroatoms. The maximum absolute atomic E-state index is 12.9. The van der Waals surface area contributed by atoms with Crippen molar-refractivity contribution >= 4 is 23.2 Å². The van der Waals surface area contributed by atoms with Crippen LogP contribution in [0.5, 0.6) is 0 Å². The molecule has 1 aromatic carbocycles. The highest BCUT2D eigenvalue weighted by molar-refractivity contribution is 6.33. The summed E-state index contributed by atoms with van der Waals surface area (Å²) in [6.45, 7) is 0. The molecule has 0 atom stereocenters. The predicted molar refractivity (Wildman–Crippen MR) is 71.0 cm³/mol. The van der Waals surface area contributed by atoms with Crippen molar-refractivity contribution in [2.45, 2.75) is 0 Å². The largest absolute Gasteiger partial charge is 0.321 e. The van der Waals surface area contributed by atoms with Gasteiger partial charge in [0.1, 0.15) is 5.82 Å². The van der Waals surface area contributed by atoms with Gasteiger partial charge in [-0.05, 0) is 24.3 Å². The third-order valence-corrected chi connectivity index (χ3v) is 2.84. The van der Waals surface area contributed by atoms with Crippen molar-refractivity contribution in [1.29, 1.82) is 0 Å². The normalized spacial score (nSPS) is 10.3. The lowest BCUT2D eigenvalue weighted by atomic mass is 10.2. The molecule has 19 heavy (non-hydrogen) atoms. The number of aromatic nitrogens is 1. The Bertz CT molecular complexity index is 697. The van der Waals surface area contributed by atoms with Crippen LogP contribution in [0.15, 0.2) is 41.3 Å². The van der Waals surface area contributed by atoms with Gasteiger partial charge in [0.25, 0.3) is 5.91 Å². The number of benzene rings is 1. The van der Waals surface area contributed by atoms with E-state index in [1.165, 1.54) is 35.0 Å². The number of aryl methyl sites for hydroxylation is 1. The van der Waals surface area contributed by atoms with Gasteiger partial charge in [-0.3, -0.25) is 9.59 Å². The molecule has 0 saturated carbocycles. The van der Waals surface area contributed by atoms with Crippen LogP contribution in [-0.4, -0.2) is 10.5 Å². The number of anilines is 1. The molecule has 0 fully saturated rings. The zero-order valence-corrected chi connectivity index (χ0v) is 10.7. The summed E-state index contributed by atoms with van der Waals surface area (Å²) in [4.78, 5) is 23.1. The summed E-state index contributed by atoms with van der Waals surface area (Å²) < 4.78 is 14.2. The first-order valence-corrected chi connectivity index (χ1v) is 5.78. The van der Waals surface area contributed by atoms with Crippen molar-refractivity contribution in [3.8, 4) is 0 Å². The second-order valence-corrected chi connectivity index (χ2v) is 4.35. The Hall–Kier alpha value is -2.14. The van der Waals surface area contributed by atoms with Gasteiger partial charge in [-0.1, -0.05) is 11.6 Å². The van der Waals surface area contributed by atoms with E-state index >= 15 is 0 Å². The molecule has 0 spiro atoms. The summed E-state index contributed by atoms with van der Waals surface area (Å²) in [6.07, 6.45) is 1.41. The van der Waals surface area contributed by atoms with Crippen molar-refractivity contribution in [3.63, 3.8) is 0 Å². The Morgan fingerprint density at radius 1 is 1.32 bits per heavy atom. The van der Waals surface area contributed by atoms with Crippen LogP contribution in [0.25, 0.3) is 0 Å². The Labute approximate surface area is 113 Å². The second-order valence-electron chi connectivity index (χ2n) is 3.95. The molecule has 1 aromatic heterocycles. The minimum absolute atomic E-state index is 0.109. The Balaban J connectivity index is 2.25. The van der Waals surface area contributed by atoms with Gasteiger partial charge in [-0.15, -0.1) is 0 Å². The van der Waals surface area contributed by atoms with Crippen LogP contribution < -0.4 is 10.9 Å². The Morgan fingerprint density at radius 3 is 2.68 bits per heavy atom. The number of nitrogens with zero attached hydrogens (tertiary/aromatic N) is 1. The number of carbonyl (C=O) groups is 1. The van der Waals surface area contributed by atoms with E-state index in [1.54, 1.807) is 7.05 Å². The van der Waals surface area contributed by atoms with E-state index in [-0.39, 0.29) is 10.6 Å². The van der Waals surface area contributed by atoms with E-state index in [1.807, 2.05) is 0 Å². The number of carbonyl (C=O) groups excluding carboxylic acids is 1. The highest BCUT2D eigenvalue weighted by atomic mass is 35.5. The molecule has 0 unspecified atom stereocenters. The van der Waals surface area contributed by atoms with Crippen LogP contribution in [0.3, 0.4) is 0 Å². The van der Waals surface area contributed by atoms with Crippen LogP contribution in [-0.2, 0) is 7.05 Å². The van der Waals surface area contributed by atoms with E-state index in [0.29, 0.717) is 11.3 Å². The third-order valence-electron chi connectivity index (χ3n) is 2.53. The minimum atomic E-state index is -0.481. The monoisotopic (exact) mass is 280 g/mol. The van der Waals surface area contributed by atoms with E-state index in [4.69, 9.17) is 11.6 Å². The fourth-order valence-corrected chi connectivity index (χ4v) is 1.73. The molecule has 0 saturated heterocycles. The lowest BCUT2D eigenvalue weighted by molar-refractivity contribution is 0.102. The first-order chi connectivity index (χ1) is 8.97. The molecule has 2 aromatic rings. The van der Waals surface area contributed by atoms with Gasteiger partial charge in [0.2, 0.25) is 5.56 Å². The molecule has 1 amide bonds. The maximum atomic E-state index is 12.9. The quantitative estimate of drug-likeness (QED) is 0.918. The number of hydrogen-bond acceptors (Lipinski definition) is 2. The summed E-state index contributed by atoms with van der Waals surface area (Å²) in [5.41, 5.74) is 0.403. The van der Waals surface area contributed by atoms with Gasteiger partial charge < -0.3 is 9.88 Å². The molecule has 98 valence electrons. The Kier molecular flexibility index (Phi) is 3.66. The smallest absolute Gasteiger partial charge is 0.257 e. The number of amides is 1. The van der Waals surface area contributed by atoms with Crippen LogP contribution in [0, 0.1) is 5.82 Å². The lowest BCUT2D eigenvalue weighted by Gasteiger charge is -2.08. The molecular formula is C13H10ClFN2O2. The van der Waals surface area contributed by atoms with Crippen LogP contribution in [0.1, 0.15) is 10.4 Å². The second kappa shape index (κ2) is 5.24. The topological polar surface area (TPSA) is 51.1 Å². The van der Waals surface area contributed by atoms with E-state index < -0.39 is 11.7 Å². The molecular weight excluding hydrogens is 271 g/mol. The first-order valence-electron chi connectivity index (χ1n) is 5.40. The van der Waals surface area contributed by atoms with E-state index in [9.17, 15) is 14.0 Å². The van der Waals surface area contributed by atoms with Gasteiger partial charge in [-0.25, -0.2) is 4.39 Å². The molecule has 1 heterocycles. The van der Waals surface area contributed by atoms with Crippen molar-refractivity contribution in [2.24, 2.45) is 7.05 Å². The van der Waals surface area contributed by atoms with Gasteiger partial charge >= 0.3 is 0 Å². The molecule has 0 aliphatic carbocycles. The number of halogens is 2. The number of hydrogen-bond donors (Lipinski definition) is 1. The Morgan fingerprint density at radius 2 is 2.05 bits per heavy atom. The molecule has 0 bridgehead atoms. The zero-order valence-electron chi connectivity index (χ0n) is 9.98. The summed E-state index contributed by atoms with van der Waals surface area (Å²) in [5, 5.41) is 2.66. The predicted octanol–water partition coefficient (Wildman–Crippen LogP) is 2.43. The van der Waals surface area contributed by atoms with Gasteiger partial charge in [0.05, 0.1) is 16.3 Å². The SMILES string of the molecule is Cn1cc(C(=O)Nc2ccc(F)cc2Cl)ccc1=O. The molecule has 0 aliphatic rings. The lowest BCUT2D eigenvalue weighted by Crippen LogP contribution is -2.19. The summed E-state index contributed by atoms with van der Waals surface area (Å²) >= 11 is 5.81. The molecule has 0 aliphatic heterocycles. The summed E-state index contributed by atoms with van der Waals surface area (Å²) in [6, 6.07) is 6.38. The van der Waals surface area contributed by atoms with Gasteiger partial charge in [0, 0.05) is 19.3 Å². The molecule has 1 N–H and O–H groups in total. The fraction of sp³-hybridized carbons (Fsp3) is 0.0769. The fourth-order valence-electron chi connectivity index (χ4n) is 1.51. The standard InChI is InChI=1S/C13H10ClFN2O2/c1-17-7-8(2-5-12(17)18)13(19)16-11-4-3-9(15)6-10(11)14/h2-7H,1H3,(H,16,19). The molecule has 4 nitrogen and oxygen atoms in total. The van der Waals surface area contributed by atoms with E-state index in [0.717, 1.165) is 6.07 Å². The van der Waals surface area contributed by atoms with Gasteiger partial charge in [-0.2, -0.15) is 0 Å². The van der Waals surface area contributed by atoms with Crippen molar-refractivity contribution in [2.75, 3.05) is 5.32 Å². The van der Waals surface area contributed by atoms with Crippen LogP contribution in [0.2, 0.25) is 5.02 Å². The molecule has 2 rings (SSSR count). The highest BCUT2D eigenvalue weighted by Gasteiger charge is 2.09. The number of nitrogens with one attached hydrogen (secondary N) is 1. The van der Waals surface area contributed by atoms with Crippen molar-refractivity contribution in [3.05, 3.63) is 63.3 Å². The summed E-state index contributed by atoms with van der Waals surface area (Å²) in [7, 11) is 1.55. The zero-order chi connectivity index (χ0) is 14.0.